The number of hydrogen-bond acceptors (Lipinski definition) is 1. The molecule has 0 aliphatic carbocycles. The van der Waals surface area contributed by atoms with Gasteiger partial charge in [-0.3, -0.25) is 0 Å². The minimum absolute atomic E-state index is 0.534. The number of likely N-dealkylation sites (N-methyl/N-ethyl adjacent to an activating group) is 1. The average molecular weight is 260 g/mol. The fourth-order valence-corrected chi connectivity index (χ4v) is 2.19. The first kappa shape index (κ1) is 13.8. The van der Waals surface area contributed by atoms with Crippen molar-refractivity contribution in [2.75, 3.05) is 6.54 Å². The number of rotatable bonds is 6. The maximum atomic E-state index is 6.00. The lowest BCUT2D eigenvalue weighted by atomic mass is 10.0. The van der Waals surface area contributed by atoms with Crippen molar-refractivity contribution in [2.24, 2.45) is 0 Å². The predicted octanol–water partition coefficient (Wildman–Crippen LogP) is 4.31. The second-order valence-corrected chi connectivity index (χ2v) is 4.81. The molecule has 1 nitrogen and oxygen atoms in total. The Morgan fingerprint density at radius 3 is 2.50 bits per heavy atom. The summed E-state index contributed by atoms with van der Waals surface area (Å²) in [5.41, 5.74) is 1.24. The van der Waals surface area contributed by atoms with Gasteiger partial charge in [0.15, 0.2) is 0 Å². The normalized spacial score (nSPS) is 12.8. The Kier molecular flexibility index (Phi) is 6.18. The molecule has 0 amide bonds. The maximum absolute atomic E-state index is 6.00. The highest BCUT2D eigenvalue weighted by Gasteiger charge is 2.08. The number of benzene rings is 1. The molecule has 0 heterocycles. The highest BCUT2D eigenvalue weighted by Crippen LogP contribution is 2.23. The van der Waals surface area contributed by atoms with E-state index in [2.05, 4.69) is 19.2 Å². The van der Waals surface area contributed by atoms with E-state index in [1.165, 1.54) is 18.4 Å². The smallest absolute Gasteiger partial charge is 0.0595 e. The summed E-state index contributed by atoms with van der Waals surface area (Å²) in [7, 11) is 0. The molecule has 0 radical (unpaired) electrons. The molecule has 0 aliphatic heterocycles. The molecule has 1 atom stereocenters. The van der Waals surface area contributed by atoms with Crippen LogP contribution in [0.15, 0.2) is 18.2 Å². The van der Waals surface area contributed by atoms with Gasteiger partial charge in [0.05, 0.1) is 10.0 Å². The third-order valence-corrected chi connectivity index (χ3v) is 3.34. The van der Waals surface area contributed by atoms with E-state index in [9.17, 15) is 0 Å². The zero-order valence-electron chi connectivity index (χ0n) is 9.89. The van der Waals surface area contributed by atoms with E-state index in [4.69, 9.17) is 23.2 Å². The van der Waals surface area contributed by atoms with Gasteiger partial charge in [-0.1, -0.05) is 49.5 Å². The Labute approximate surface area is 108 Å². The van der Waals surface area contributed by atoms with Crippen molar-refractivity contribution in [3.8, 4) is 0 Å². The zero-order valence-corrected chi connectivity index (χ0v) is 11.4. The van der Waals surface area contributed by atoms with Crippen molar-refractivity contribution in [3.05, 3.63) is 33.8 Å². The van der Waals surface area contributed by atoms with Crippen LogP contribution in [0.5, 0.6) is 0 Å². The molecule has 1 rings (SSSR count). The van der Waals surface area contributed by atoms with Gasteiger partial charge in [-0.2, -0.15) is 0 Å². The molecule has 0 spiro atoms. The Balaban J connectivity index is 2.65. The molecule has 90 valence electrons. The highest BCUT2D eigenvalue weighted by molar-refractivity contribution is 6.42. The molecular formula is C13H19Cl2N. The predicted molar refractivity (Wildman–Crippen MR) is 72.5 cm³/mol. The van der Waals surface area contributed by atoms with Crippen LogP contribution in [0.4, 0.5) is 0 Å². The topological polar surface area (TPSA) is 12.0 Å². The van der Waals surface area contributed by atoms with E-state index in [-0.39, 0.29) is 0 Å². The van der Waals surface area contributed by atoms with Gasteiger partial charge in [0.25, 0.3) is 0 Å². The Bertz CT molecular complexity index is 320. The van der Waals surface area contributed by atoms with Crippen LogP contribution in [0, 0.1) is 0 Å². The van der Waals surface area contributed by atoms with Crippen LogP contribution < -0.4 is 5.32 Å². The second kappa shape index (κ2) is 7.16. The van der Waals surface area contributed by atoms with Crippen LogP contribution in [0.3, 0.4) is 0 Å². The van der Waals surface area contributed by atoms with Crippen LogP contribution in [0.25, 0.3) is 0 Å². The molecular weight excluding hydrogens is 241 g/mol. The fourth-order valence-electron chi connectivity index (χ4n) is 1.86. The van der Waals surface area contributed by atoms with Crippen molar-refractivity contribution in [3.63, 3.8) is 0 Å². The van der Waals surface area contributed by atoms with Crippen LogP contribution in [0.1, 0.15) is 32.3 Å². The standard InChI is InChI=1S/C13H19Cl2N/c1-3-5-11(16-4-2)8-10-6-7-12(14)13(15)9-10/h6-7,9,11,16H,3-5,8H2,1-2H3. The van der Waals surface area contributed by atoms with E-state index in [0.717, 1.165) is 13.0 Å². The van der Waals surface area contributed by atoms with Crippen molar-refractivity contribution < 1.29 is 0 Å². The van der Waals surface area contributed by atoms with Crippen LogP contribution >= 0.6 is 23.2 Å². The summed E-state index contributed by atoms with van der Waals surface area (Å²) in [6.45, 7) is 5.35. The van der Waals surface area contributed by atoms with Crippen LogP contribution in [-0.2, 0) is 6.42 Å². The number of nitrogens with one attached hydrogen (secondary N) is 1. The molecule has 0 saturated heterocycles. The lowest BCUT2D eigenvalue weighted by Gasteiger charge is -2.17. The van der Waals surface area contributed by atoms with Crippen LogP contribution in [0.2, 0.25) is 10.0 Å². The molecule has 3 heteroatoms. The van der Waals surface area contributed by atoms with Gasteiger partial charge in [-0.05, 0) is 37.1 Å². The molecule has 1 aromatic carbocycles. The van der Waals surface area contributed by atoms with E-state index in [1.807, 2.05) is 18.2 Å². The van der Waals surface area contributed by atoms with Gasteiger partial charge >= 0.3 is 0 Å². The minimum Gasteiger partial charge on any atom is -0.314 e. The summed E-state index contributed by atoms with van der Waals surface area (Å²) in [5.74, 6) is 0. The largest absolute Gasteiger partial charge is 0.314 e. The van der Waals surface area contributed by atoms with Crippen molar-refractivity contribution >= 4 is 23.2 Å². The minimum atomic E-state index is 0.534. The molecule has 0 bridgehead atoms. The summed E-state index contributed by atoms with van der Waals surface area (Å²) in [5, 5.41) is 4.76. The van der Waals surface area contributed by atoms with E-state index in [0.29, 0.717) is 16.1 Å². The van der Waals surface area contributed by atoms with Gasteiger partial charge in [0, 0.05) is 6.04 Å². The summed E-state index contributed by atoms with van der Waals surface area (Å²) in [6.07, 6.45) is 3.39. The van der Waals surface area contributed by atoms with Gasteiger partial charge in [-0.15, -0.1) is 0 Å². The summed E-state index contributed by atoms with van der Waals surface area (Å²) in [4.78, 5) is 0. The van der Waals surface area contributed by atoms with E-state index < -0.39 is 0 Å². The van der Waals surface area contributed by atoms with Gasteiger partial charge in [0.1, 0.15) is 0 Å². The molecule has 1 unspecified atom stereocenters. The van der Waals surface area contributed by atoms with Gasteiger partial charge in [-0.25, -0.2) is 0 Å². The fraction of sp³-hybridized carbons (Fsp3) is 0.538. The maximum Gasteiger partial charge on any atom is 0.0595 e. The first-order valence-electron chi connectivity index (χ1n) is 5.84. The first-order chi connectivity index (χ1) is 7.67. The van der Waals surface area contributed by atoms with E-state index >= 15 is 0 Å². The molecule has 1 aromatic rings. The van der Waals surface area contributed by atoms with Gasteiger partial charge < -0.3 is 5.32 Å². The molecule has 0 aliphatic rings. The Morgan fingerprint density at radius 2 is 1.94 bits per heavy atom. The number of hydrogen-bond donors (Lipinski definition) is 1. The monoisotopic (exact) mass is 259 g/mol. The van der Waals surface area contributed by atoms with Crippen LogP contribution in [-0.4, -0.2) is 12.6 Å². The zero-order chi connectivity index (χ0) is 12.0. The lowest BCUT2D eigenvalue weighted by Crippen LogP contribution is -2.30. The van der Waals surface area contributed by atoms with Crippen molar-refractivity contribution in [2.45, 2.75) is 39.2 Å². The summed E-state index contributed by atoms with van der Waals surface area (Å²) < 4.78 is 0. The lowest BCUT2D eigenvalue weighted by molar-refractivity contribution is 0.486. The van der Waals surface area contributed by atoms with Crippen molar-refractivity contribution in [1.82, 2.24) is 5.32 Å². The molecule has 0 saturated carbocycles. The number of halogens is 2. The van der Waals surface area contributed by atoms with Crippen molar-refractivity contribution in [1.29, 1.82) is 0 Å². The van der Waals surface area contributed by atoms with E-state index in [1.54, 1.807) is 0 Å². The SMILES string of the molecule is CCCC(Cc1ccc(Cl)c(Cl)c1)NCC. The molecule has 1 N–H and O–H groups in total. The molecule has 0 aromatic heterocycles. The third kappa shape index (κ3) is 4.32. The Hall–Kier alpha value is -0.240. The summed E-state index contributed by atoms with van der Waals surface area (Å²) in [6, 6.07) is 6.42. The second-order valence-electron chi connectivity index (χ2n) is 4.00. The highest BCUT2D eigenvalue weighted by atomic mass is 35.5. The quantitative estimate of drug-likeness (QED) is 0.803. The molecule has 16 heavy (non-hydrogen) atoms. The third-order valence-electron chi connectivity index (χ3n) is 2.60. The first-order valence-corrected chi connectivity index (χ1v) is 6.60. The summed E-state index contributed by atoms with van der Waals surface area (Å²) >= 11 is 11.9. The molecule has 0 fully saturated rings. The average Bonchev–Trinajstić information content (AvgIpc) is 2.24. The Morgan fingerprint density at radius 1 is 1.19 bits per heavy atom. The van der Waals surface area contributed by atoms with Gasteiger partial charge in [0.2, 0.25) is 0 Å².